The highest BCUT2D eigenvalue weighted by Crippen LogP contribution is 2.34. The zero-order chi connectivity index (χ0) is 13.2. The molecule has 0 saturated carbocycles. The van der Waals surface area contributed by atoms with Crippen LogP contribution in [-0.2, 0) is 0 Å². The molecule has 1 atom stereocenters. The average molecular weight is 273 g/mol. The zero-order valence-corrected chi connectivity index (χ0v) is 11.3. The second-order valence-corrected chi connectivity index (χ2v) is 5.85. The highest BCUT2D eigenvalue weighted by molar-refractivity contribution is 7.17. The van der Waals surface area contributed by atoms with Crippen molar-refractivity contribution in [2.45, 2.75) is 12.3 Å². The Morgan fingerprint density at radius 1 is 1.21 bits per heavy atom. The summed E-state index contributed by atoms with van der Waals surface area (Å²) >= 11 is 1.36. The van der Waals surface area contributed by atoms with E-state index in [0.29, 0.717) is 10.8 Å². The molecule has 0 spiro atoms. The van der Waals surface area contributed by atoms with E-state index in [-0.39, 0.29) is 0 Å². The number of anilines is 1. The fourth-order valence-electron chi connectivity index (χ4n) is 2.57. The summed E-state index contributed by atoms with van der Waals surface area (Å²) in [5.41, 5.74) is 1.38. The summed E-state index contributed by atoms with van der Waals surface area (Å²) in [6, 6.07) is 14.1. The molecule has 1 saturated heterocycles. The molecular formula is C15H15NO2S. The highest BCUT2D eigenvalue weighted by Gasteiger charge is 2.25. The van der Waals surface area contributed by atoms with Gasteiger partial charge in [0, 0.05) is 19.0 Å². The molecule has 1 aromatic carbocycles. The van der Waals surface area contributed by atoms with Crippen LogP contribution in [0.5, 0.6) is 0 Å². The Balaban J connectivity index is 1.73. The number of thiophene rings is 1. The van der Waals surface area contributed by atoms with E-state index in [4.69, 9.17) is 5.11 Å². The van der Waals surface area contributed by atoms with Gasteiger partial charge in [0.2, 0.25) is 0 Å². The predicted octanol–water partition coefficient (Wildman–Crippen LogP) is 3.44. The third-order valence-electron chi connectivity index (χ3n) is 3.57. The van der Waals surface area contributed by atoms with Crippen molar-refractivity contribution in [1.82, 2.24) is 0 Å². The molecule has 3 nitrogen and oxygen atoms in total. The molecule has 1 aliphatic rings. The van der Waals surface area contributed by atoms with Crippen molar-refractivity contribution < 1.29 is 9.90 Å². The Morgan fingerprint density at radius 3 is 2.68 bits per heavy atom. The lowest BCUT2D eigenvalue weighted by Crippen LogP contribution is -2.17. The van der Waals surface area contributed by atoms with E-state index >= 15 is 0 Å². The van der Waals surface area contributed by atoms with Gasteiger partial charge in [0.05, 0.1) is 5.00 Å². The average Bonchev–Trinajstić information content (AvgIpc) is 3.09. The van der Waals surface area contributed by atoms with Gasteiger partial charge in [0.25, 0.3) is 0 Å². The number of nitrogens with zero attached hydrogens (tertiary/aromatic N) is 1. The summed E-state index contributed by atoms with van der Waals surface area (Å²) in [4.78, 5) is 13.6. The molecule has 0 radical (unpaired) electrons. The summed E-state index contributed by atoms with van der Waals surface area (Å²) in [7, 11) is 0. The molecule has 0 amide bonds. The van der Waals surface area contributed by atoms with Crippen LogP contribution in [0, 0.1) is 0 Å². The summed E-state index contributed by atoms with van der Waals surface area (Å²) < 4.78 is 0. The van der Waals surface area contributed by atoms with Gasteiger partial charge in [0.15, 0.2) is 0 Å². The van der Waals surface area contributed by atoms with Gasteiger partial charge in [-0.05, 0) is 24.1 Å². The molecule has 0 aliphatic carbocycles. The van der Waals surface area contributed by atoms with Crippen molar-refractivity contribution in [1.29, 1.82) is 0 Å². The zero-order valence-electron chi connectivity index (χ0n) is 10.5. The van der Waals surface area contributed by atoms with Crippen molar-refractivity contribution in [3.63, 3.8) is 0 Å². The van der Waals surface area contributed by atoms with E-state index < -0.39 is 5.97 Å². The van der Waals surface area contributed by atoms with Gasteiger partial charge in [-0.2, -0.15) is 0 Å². The van der Waals surface area contributed by atoms with Crippen molar-refractivity contribution in [2.75, 3.05) is 18.0 Å². The molecule has 1 aromatic heterocycles. The van der Waals surface area contributed by atoms with E-state index in [1.807, 2.05) is 12.1 Å². The third-order valence-corrected chi connectivity index (χ3v) is 4.71. The first-order valence-electron chi connectivity index (χ1n) is 6.37. The highest BCUT2D eigenvalue weighted by atomic mass is 32.1. The number of carboxylic acids is 1. The molecule has 19 heavy (non-hydrogen) atoms. The van der Waals surface area contributed by atoms with Crippen LogP contribution < -0.4 is 4.90 Å². The first kappa shape index (κ1) is 12.2. The van der Waals surface area contributed by atoms with Gasteiger partial charge >= 0.3 is 5.97 Å². The molecule has 1 fully saturated rings. The second-order valence-electron chi connectivity index (χ2n) is 4.79. The Morgan fingerprint density at radius 2 is 2.00 bits per heavy atom. The fourth-order valence-corrected chi connectivity index (χ4v) is 3.45. The number of aromatic carboxylic acids is 1. The molecule has 1 aliphatic heterocycles. The van der Waals surface area contributed by atoms with E-state index in [1.165, 1.54) is 16.9 Å². The number of benzene rings is 1. The first-order chi connectivity index (χ1) is 9.24. The first-order valence-corrected chi connectivity index (χ1v) is 7.19. The molecule has 2 heterocycles. The van der Waals surface area contributed by atoms with Crippen LogP contribution in [0.15, 0.2) is 42.5 Å². The predicted molar refractivity (Wildman–Crippen MR) is 77.3 cm³/mol. The largest absolute Gasteiger partial charge is 0.477 e. The van der Waals surface area contributed by atoms with Crippen molar-refractivity contribution >= 4 is 22.3 Å². The van der Waals surface area contributed by atoms with Gasteiger partial charge in [-0.15, -0.1) is 11.3 Å². The lowest BCUT2D eigenvalue weighted by Gasteiger charge is -2.16. The van der Waals surface area contributed by atoms with Crippen LogP contribution in [0.3, 0.4) is 0 Å². The summed E-state index contributed by atoms with van der Waals surface area (Å²) in [6.07, 6.45) is 1.13. The number of carbonyl (C=O) groups is 1. The fraction of sp³-hybridized carbons (Fsp3) is 0.267. The molecule has 1 unspecified atom stereocenters. The van der Waals surface area contributed by atoms with Gasteiger partial charge in [-0.3, -0.25) is 0 Å². The lowest BCUT2D eigenvalue weighted by molar-refractivity contribution is 0.0702. The van der Waals surface area contributed by atoms with Crippen LogP contribution in [0.1, 0.15) is 27.6 Å². The SMILES string of the molecule is O=C(O)c1ccc(N2CCC(c3ccccc3)C2)s1. The summed E-state index contributed by atoms with van der Waals surface area (Å²) in [5.74, 6) is -0.286. The molecule has 3 rings (SSSR count). The monoisotopic (exact) mass is 273 g/mol. The second kappa shape index (κ2) is 5.05. The molecule has 0 bridgehead atoms. The minimum absolute atomic E-state index is 0.415. The standard InChI is InChI=1S/C15H15NO2S/c17-15(18)13-6-7-14(19-13)16-9-8-12(10-16)11-4-2-1-3-5-11/h1-7,12H,8-10H2,(H,17,18). The molecule has 4 heteroatoms. The van der Waals surface area contributed by atoms with Crippen molar-refractivity contribution in [2.24, 2.45) is 0 Å². The topological polar surface area (TPSA) is 40.5 Å². The van der Waals surface area contributed by atoms with Gasteiger partial charge < -0.3 is 10.0 Å². The van der Waals surface area contributed by atoms with Crippen molar-refractivity contribution in [3.8, 4) is 0 Å². The van der Waals surface area contributed by atoms with Crippen LogP contribution in [0.25, 0.3) is 0 Å². The minimum Gasteiger partial charge on any atom is -0.477 e. The maximum Gasteiger partial charge on any atom is 0.345 e. The Bertz CT molecular complexity index is 579. The Hall–Kier alpha value is -1.81. The van der Waals surface area contributed by atoms with Gasteiger partial charge in [0.1, 0.15) is 4.88 Å². The van der Waals surface area contributed by atoms with E-state index in [1.54, 1.807) is 6.07 Å². The van der Waals surface area contributed by atoms with Gasteiger partial charge in [-0.1, -0.05) is 30.3 Å². The van der Waals surface area contributed by atoms with Gasteiger partial charge in [-0.25, -0.2) is 4.79 Å². The number of hydrogen-bond acceptors (Lipinski definition) is 3. The quantitative estimate of drug-likeness (QED) is 0.931. The Kier molecular flexibility index (Phi) is 3.25. The Labute approximate surface area is 116 Å². The maximum absolute atomic E-state index is 10.9. The van der Waals surface area contributed by atoms with E-state index in [2.05, 4.69) is 29.2 Å². The van der Waals surface area contributed by atoms with Crippen LogP contribution in [0.2, 0.25) is 0 Å². The molecule has 98 valence electrons. The minimum atomic E-state index is -0.838. The number of rotatable bonds is 3. The normalized spacial score (nSPS) is 18.7. The van der Waals surface area contributed by atoms with Crippen LogP contribution in [-0.4, -0.2) is 24.2 Å². The smallest absolute Gasteiger partial charge is 0.345 e. The maximum atomic E-state index is 10.9. The number of hydrogen-bond donors (Lipinski definition) is 1. The molecular weight excluding hydrogens is 258 g/mol. The molecule has 1 N–H and O–H groups in total. The van der Waals surface area contributed by atoms with Crippen molar-refractivity contribution in [3.05, 3.63) is 52.9 Å². The third kappa shape index (κ3) is 2.49. The van der Waals surface area contributed by atoms with E-state index in [0.717, 1.165) is 24.5 Å². The summed E-state index contributed by atoms with van der Waals surface area (Å²) in [5, 5.41) is 10.0. The number of carboxylic acid groups (broad SMARTS) is 1. The van der Waals surface area contributed by atoms with Crippen LogP contribution in [0.4, 0.5) is 5.00 Å². The summed E-state index contributed by atoms with van der Waals surface area (Å²) in [6.45, 7) is 1.97. The van der Waals surface area contributed by atoms with Crippen LogP contribution >= 0.6 is 11.3 Å². The lowest BCUT2D eigenvalue weighted by atomic mass is 9.99. The molecule has 2 aromatic rings. The van der Waals surface area contributed by atoms with E-state index in [9.17, 15) is 4.79 Å².